The van der Waals surface area contributed by atoms with Crippen LogP contribution in [0.25, 0.3) is 5.76 Å². The zero-order valence-electron chi connectivity index (χ0n) is 22.1. The summed E-state index contributed by atoms with van der Waals surface area (Å²) < 4.78 is 10.9. The molecule has 0 bridgehead atoms. The number of aromatic hydroxyl groups is 1. The smallest absolute Gasteiger partial charge is 0.300 e. The molecule has 9 nitrogen and oxygen atoms in total. The van der Waals surface area contributed by atoms with Gasteiger partial charge in [-0.15, -0.1) is 0 Å². The number of ether oxygens (including phenoxy) is 2. The van der Waals surface area contributed by atoms with Crippen molar-refractivity contribution in [3.05, 3.63) is 83.4 Å². The highest BCUT2D eigenvalue weighted by Gasteiger charge is 2.47. The molecule has 2 saturated heterocycles. The van der Waals surface area contributed by atoms with Gasteiger partial charge in [0.25, 0.3) is 11.7 Å². The molecule has 0 saturated carbocycles. The maximum absolute atomic E-state index is 13.5. The minimum atomic E-state index is -0.949. The highest BCUT2D eigenvalue weighted by atomic mass is 16.5. The molecule has 1 atom stereocenters. The predicted octanol–water partition coefficient (Wildman–Crippen LogP) is 3.79. The van der Waals surface area contributed by atoms with Gasteiger partial charge in [0.05, 0.1) is 25.8 Å². The number of phenols is 1. The minimum Gasteiger partial charge on any atom is -0.508 e. The second-order valence-corrected chi connectivity index (χ2v) is 9.60. The molecule has 0 aromatic heterocycles. The number of amides is 1. The standard InChI is InChI=1S/C30H31N3O6/c1-31-15-17-32(18-16-31)20-9-11-21(12-10-20)33-27(19-7-13-22(34)14-8-19)26(29(36)30(33)37)28(35)25-23(38-2)5-4-6-24(25)39-3/h4-14,27,34-35H,15-18H2,1-3H3/b28-26+. The molecule has 3 aromatic rings. The summed E-state index contributed by atoms with van der Waals surface area (Å²) in [5, 5.41) is 21.5. The number of nitrogens with zero attached hydrogens (tertiary/aromatic N) is 3. The van der Waals surface area contributed by atoms with Crippen LogP contribution in [0.2, 0.25) is 0 Å². The van der Waals surface area contributed by atoms with Crippen LogP contribution in [0.5, 0.6) is 17.2 Å². The molecule has 202 valence electrons. The third-order valence-electron chi connectivity index (χ3n) is 7.31. The van der Waals surface area contributed by atoms with Gasteiger partial charge in [-0.05, 0) is 61.1 Å². The van der Waals surface area contributed by atoms with Crippen LogP contribution in [0.4, 0.5) is 11.4 Å². The first-order chi connectivity index (χ1) is 18.8. The highest BCUT2D eigenvalue weighted by molar-refractivity contribution is 6.51. The first-order valence-corrected chi connectivity index (χ1v) is 12.7. The van der Waals surface area contributed by atoms with E-state index in [0.29, 0.717) is 22.7 Å². The van der Waals surface area contributed by atoms with Crippen molar-refractivity contribution < 1.29 is 29.3 Å². The molecule has 1 amide bonds. The van der Waals surface area contributed by atoms with Gasteiger partial charge in [0.2, 0.25) is 0 Å². The molecule has 39 heavy (non-hydrogen) atoms. The molecule has 0 radical (unpaired) electrons. The zero-order valence-corrected chi connectivity index (χ0v) is 22.1. The van der Waals surface area contributed by atoms with Crippen molar-refractivity contribution >= 4 is 28.8 Å². The Labute approximate surface area is 227 Å². The lowest BCUT2D eigenvalue weighted by atomic mass is 9.94. The number of methoxy groups -OCH3 is 2. The Morgan fingerprint density at radius 2 is 1.38 bits per heavy atom. The number of phenolic OH excluding ortho intramolecular Hbond substituents is 1. The quantitative estimate of drug-likeness (QED) is 0.283. The maximum Gasteiger partial charge on any atom is 0.300 e. The summed E-state index contributed by atoms with van der Waals surface area (Å²) in [5.74, 6) is -1.38. The first kappa shape index (κ1) is 26.1. The van der Waals surface area contributed by atoms with Crippen LogP contribution in [-0.2, 0) is 9.59 Å². The molecule has 3 aromatic carbocycles. The third-order valence-corrected chi connectivity index (χ3v) is 7.31. The summed E-state index contributed by atoms with van der Waals surface area (Å²) in [6.07, 6.45) is 0. The summed E-state index contributed by atoms with van der Waals surface area (Å²) in [6, 6.07) is 17.8. The van der Waals surface area contributed by atoms with E-state index in [-0.39, 0.29) is 16.9 Å². The third kappa shape index (κ3) is 4.77. The molecular weight excluding hydrogens is 498 g/mol. The number of hydrogen-bond acceptors (Lipinski definition) is 8. The number of anilines is 2. The summed E-state index contributed by atoms with van der Waals surface area (Å²) in [5.41, 5.74) is 2.17. The largest absolute Gasteiger partial charge is 0.508 e. The average Bonchev–Trinajstić information content (AvgIpc) is 3.23. The molecular formula is C30H31N3O6. The van der Waals surface area contributed by atoms with E-state index in [9.17, 15) is 19.8 Å². The summed E-state index contributed by atoms with van der Waals surface area (Å²) >= 11 is 0. The highest BCUT2D eigenvalue weighted by Crippen LogP contribution is 2.45. The number of rotatable bonds is 6. The number of Topliss-reactive ketones (excluding diaryl/α,β-unsaturated/α-hetero) is 1. The Balaban J connectivity index is 1.63. The second kappa shape index (κ2) is 10.7. The number of hydrogen-bond donors (Lipinski definition) is 2. The van der Waals surface area contributed by atoms with Gasteiger partial charge in [0.1, 0.15) is 28.6 Å². The fourth-order valence-corrected chi connectivity index (χ4v) is 5.18. The fourth-order valence-electron chi connectivity index (χ4n) is 5.18. The molecule has 2 aliphatic rings. The van der Waals surface area contributed by atoms with E-state index in [2.05, 4.69) is 16.8 Å². The van der Waals surface area contributed by atoms with Crippen LogP contribution >= 0.6 is 0 Å². The monoisotopic (exact) mass is 529 g/mol. The number of benzene rings is 3. The number of ketones is 1. The van der Waals surface area contributed by atoms with Gasteiger partial charge in [0, 0.05) is 37.6 Å². The van der Waals surface area contributed by atoms with Gasteiger partial charge < -0.3 is 29.5 Å². The van der Waals surface area contributed by atoms with Crippen molar-refractivity contribution in [2.75, 3.05) is 57.2 Å². The van der Waals surface area contributed by atoms with E-state index in [1.54, 1.807) is 30.3 Å². The molecule has 2 heterocycles. The van der Waals surface area contributed by atoms with E-state index >= 15 is 0 Å². The van der Waals surface area contributed by atoms with Crippen LogP contribution in [0, 0.1) is 0 Å². The van der Waals surface area contributed by atoms with Crippen LogP contribution in [0.1, 0.15) is 17.2 Å². The predicted molar refractivity (Wildman–Crippen MR) is 149 cm³/mol. The molecule has 0 spiro atoms. The number of aliphatic hydroxyl groups is 1. The van der Waals surface area contributed by atoms with Gasteiger partial charge in [-0.2, -0.15) is 0 Å². The molecule has 1 unspecified atom stereocenters. The molecule has 9 heteroatoms. The lowest BCUT2D eigenvalue weighted by Crippen LogP contribution is -2.44. The van der Waals surface area contributed by atoms with Crippen molar-refractivity contribution in [2.45, 2.75) is 6.04 Å². The molecule has 2 N–H and O–H groups in total. The molecule has 2 fully saturated rings. The normalized spacial score (nSPS) is 19.4. The van der Waals surface area contributed by atoms with Crippen LogP contribution in [0.15, 0.2) is 72.3 Å². The molecule has 2 aliphatic heterocycles. The van der Waals surface area contributed by atoms with Crippen molar-refractivity contribution in [2.24, 2.45) is 0 Å². The second-order valence-electron chi connectivity index (χ2n) is 9.60. The average molecular weight is 530 g/mol. The Kier molecular flexibility index (Phi) is 7.17. The lowest BCUT2D eigenvalue weighted by molar-refractivity contribution is -0.132. The van der Waals surface area contributed by atoms with Gasteiger partial charge in [-0.3, -0.25) is 14.5 Å². The van der Waals surface area contributed by atoms with E-state index < -0.39 is 23.5 Å². The van der Waals surface area contributed by atoms with E-state index in [4.69, 9.17) is 9.47 Å². The first-order valence-electron chi connectivity index (χ1n) is 12.7. The lowest BCUT2D eigenvalue weighted by Gasteiger charge is -2.34. The number of carbonyl (C=O) groups is 2. The van der Waals surface area contributed by atoms with Crippen molar-refractivity contribution in [3.8, 4) is 17.2 Å². The van der Waals surface area contributed by atoms with Gasteiger partial charge in [-0.25, -0.2) is 0 Å². The Morgan fingerprint density at radius 1 is 0.821 bits per heavy atom. The Hall–Kier alpha value is -4.50. The number of aliphatic hydroxyl groups excluding tert-OH is 1. The van der Waals surface area contributed by atoms with E-state index in [0.717, 1.165) is 31.9 Å². The number of carbonyl (C=O) groups excluding carboxylic acids is 2. The molecule has 0 aliphatic carbocycles. The molecule has 5 rings (SSSR count). The minimum absolute atomic E-state index is 0.0404. The number of piperazine rings is 1. The van der Waals surface area contributed by atoms with E-state index in [1.165, 1.54) is 31.3 Å². The maximum atomic E-state index is 13.5. The van der Waals surface area contributed by atoms with Crippen molar-refractivity contribution in [1.29, 1.82) is 0 Å². The van der Waals surface area contributed by atoms with Crippen LogP contribution in [0.3, 0.4) is 0 Å². The van der Waals surface area contributed by atoms with Gasteiger partial charge in [0.15, 0.2) is 0 Å². The Morgan fingerprint density at radius 3 is 1.95 bits per heavy atom. The Bertz CT molecular complexity index is 1390. The van der Waals surface area contributed by atoms with Crippen LogP contribution in [-0.4, -0.2) is 74.2 Å². The fraction of sp³-hybridized carbons (Fsp3) is 0.267. The van der Waals surface area contributed by atoms with Gasteiger partial charge >= 0.3 is 0 Å². The number of likely N-dealkylation sites (N-methyl/N-ethyl adjacent to an activating group) is 1. The van der Waals surface area contributed by atoms with Crippen molar-refractivity contribution in [3.63, 3.8) is 0 Å². The van der Waals surface area contributed by atoms with Gasteiger partial charge in [-0.1, -0.05) is 18.2 Å². The summed E-state index contributed by atoms with van der Waals surface area (Å²) in [4.78, 5) is 33.0. The zero-order chi connectivity index (χ0) is 27.7. The topological polar surface area (TPSA) is 103 Å². The summed E-state index contributed by atoms with van der Waals surface area (Å²) in [6.45, 7) is 3.72. The SMILES string of the molecule is COc1cccc(OC)c1/C(O)=C1\C(=O)C(=O)N(c2ccc(N3CCN(C)CC3)cc2)C1c1ccc(O)cc1. The van der Waals surface area contributed by atoms with Crippen molar-refractivity contribution in [1.82, 2.24) is 4.90 Å². The summed E-state index contributed by atoms with van der Waals surface area (Å²) in [7, 11) is 4.99. The van der Waals surface area contributed by atoms with Crippen LogP contribution < -0.4 is 19.3 Å². The van der Waals surface area contributed by atoms with E-state index in [1.807, 2.05) is 24.3 Å².